The van der Waals surface area contributed by atoms with Gasteiger partial charge >= 0.3 is 17.9 Å². The van der Waals surface area contributed by atoms with Gasteiger partial charge in [0.05, 0.1) is 0 Å². The third-order valence-electron chi connectivity index (χ3n) is 10.1. The van der Waals surface area contributed by atoms with Gasteiger partial charge in [0.1, 0.15) is 13.2 Å². The van der Waals surface area contributed by atoms with Gasteiger partial charge in [-0.05, 0) is 89.9 Å². The van der Waals surface area contributed by atoms with Crippen molar-refractivity contribution in [2.75, 3.05) is 13.2 Å². The molecule has 0 heterocycles. The molecule has 0 aliphatic heterocycles. The Balaban J connectivity index is 4.51. The van der Waals surface area contributed by atoms with Gasteiger partial charge in [-0.25, -0.2) is 0 Å². The first-order valence-electron chi connectivity index (χ1n) is 25.1. The smallest absolute Gasteiger partial charge is 0.306 e. The SMILES string of the molecule is CC/C=C/C=C/C=C/C=C/CCCCCCCC(=O)OC(COC(=O)CCCCC/C=C/C=C/C=C/C=C/CC)COC(=O)CCCCCCCCC/C=C/C/C=C/CCCCC. The minimum absolute atomic E-state index is 0.109. The van der Waals surface area contributed by atoms with E-state index in [0.717, 1.165) is 109 Å². The lowest BCUT2D eigenvalue weighted by molar-refractivity contribution is -0.167. The average molecular weight is 871 g/mol. The zero-order chi connectivity index (χ0) is 45.8. The van der Waals surface area contributed by atoms with Gasteiger partial charge in [0, 0.05) is 19.3 Å². The fourth-order valence-corrected chi connectivity index (χ4v) is 6.37. The van der Waals surface area contributed by atoms with Crippen LogP contribution in [0.15, 0.2) is 122 Å². The Labute approximate surface area is 386 Å². The third-order valence-corrected chi connectivity index (χ3v) is 10.1. The number of hydrogen-bond donors (Lipinski definition) is 0. The molecule has 6 heteroatoms. The average Bonchev–Trinajstić information content (AvgIpc) is 3.28. The van der Waals surface area contributed by atoms with E-state index in [0.29, 0.717) is 12.8 Å². The van der Waals surface area contributed by atoms with Gasteiger partial charge in [0.15, 0.2) is 6.10 Å². The molecular weight excluding hydrogens is 781 g/mol. The second-order valence-corrected chi connectivity index (χ2v) is 16.1. The van der Waals surface area contributed by atoms with Gasteiger partial charge in [-0.1, -0.05) is 213 Å². The summed E-state index contributed by atoms with van der Waals surface area (Å²) in [5.74, 6) is -0.989. The highest BCUT2D eigenvalue weighted by Gasteiger charge is 2.19. The number of esters is 3. The van der Waals surface area contributed by atoms with Crippen LogP contribution >= 0.6 is 0 Å². The Kier molecular flexibility index (Phi) is 47.1. The largest absolute Gasteiger partial charge is 0.462 e. The molecule has 0 N–H and O–H groups in total. The number of carbonyl (C=O) groups is 3. The van der Waals surface area contributed by atoms with Crippen LogP contribution in [0.4, 0.5) is 0 Å². The zero-order valence-electron chi connectivity index (χ0n) is 40.3. The first-order valence-corrected chi connectivity index (χ1v) is 25.1. The summed E-state index contributed by atoms with van der Waals surface area (Å²) in [6, 6.07) is 0. The maximum absolute atomic E-state index is 12.8. The molecule has 0 fully saturated rings. The van der Waals surface area contributed by atoms with Crippen LogP contribution < -0.4 is 0 Å². The summed E-state index contributed by atoms with van der Waals surface area (Å²) in [5, 5.41) is 0. The summed E-state index contributed by atoms with van der Waals surface area (Å²) in [7, 11) is 0. The fraction of sp³-hybridized carbons (Fsp3) is 0.596. The van der Waals surface area contributed by atoms with Crippen molar-refractivity contribution in [2.45, 2.75) is 207 Å². The van der Waals surface area contributed by atoms with Crippen LogP contribution in [0.1, 0.15) is 201 Å². The lowest BCUT2D eigenvalue weighted by Gasteiger charge is -2.18. The topological polar surface area (TPSA) is 78.9 Å². The van der Waals surface area contributed by atoms with Crippen LogP contribution in [0.3, 0.4) is 0 Å². The summed E-state index contributed by atoms with van der Waals surface area (Å²) in [5.41, 5.74) is 0. The Hall–Kier alpha value is -4.19. The van der Waals surface area contributed by atoms with Gasteiger partial charge in [-0.3, -0.25) is 14.4 Å². The molecule has 1 atom stereocenters. The normalized spacial score (nSPS) is 13.1. The Morgan fingerprint density at radius 3 is 1.11 bits per heavy atom. The lowest BCUT2D eigenvalue weighted by Crippen LogP contribution is -2.30. The number of ether oxygens (including phenoxy) is 3. The molecule has 0 aliphatic carbocycles. The number of carbonyl (C=O) groups excluding carboxylic acids is 3. The van der Waals surface area contributed by atoms with E-state index in [9.17, 15) is 14.4 Å². The highest BCUT2D eigenvalue weighted by atomic mass is 16.6. The van der Waals surface area contributed by atoms with Crippen LogP contribution in [-0.4, -0.2) is 37.2 Å². The van der Waals surface area contributed by atoms with Crippen LogP contribution in [0, 0.1) is 0 Å². The van der Waals surface area contributed by atoms with Crippen molar-refractivity contribution in [1.82, 2.24) is 0 Å². The second-order valence-electron chi connectivity index (χ2n) is 16.1. The van der Waals surface area contributed by atoms with Gasteiger partial charge in [-0.2, -0.15) is 0 Å². The van der Waals surface area contributed by atoms with Gasteiger partial charge < -0.3 is 14.2 Å². The standard InChI is InChI=1S/C57H90O6/c1-4-7-10-13-16-19-22-25-27-28-30-32-35-38-41-44-47-50-56(59)62-53-54(52-61-55(58)49-46-43-40-37-34-31-24-21-18-15-12-9-6-3)63-57(60)51-48-45-42-39-36-33-29-26-23-20-17-14-11-8-5-2/h8-9,11-12,14-21,23-27,29,31,34,54H,4-7,10,13,22,28,30,32-33,35-53H2,1-3H3/b11-8+,12-9+,17-14+,18-15+,19-16+,23-20+,24-21+,27-25+,29-26+,34-31+. The molecule has 6 nitrogen and oxygen atoms in total. The number of allylic oxidation sites excluding steroid dienone is 20. The highest BCUT2D eigenvalue weighted by Crippen LogP contribution is 2.13. The maximum Gasteiger partial charge on any atom is 0.306 e. The van der Waals surface area contributed by atoms with Crippen molar-refractivity contribution in [1.29, 1.82) is 0 Å². The first-order chi connectivity index (χ1) is 31.0. The van der Waals surface area contributed by atoms with Crippen LogP contribution in [0.2, 0.25) is 0 Å². The van der Waals surface area contributed by atoms with Crippen molar-refractivity contribution in [3.8, 4) is 0 Å². The zero-order valence-corrected chi connectivity index (χ0v) is 40.3. The molecule has 0 bridgehead atoms. The lowest BCUT2D eigenvalue weighted by atomic mass is 10.1. The minimum Gasteiger partial charge on any atom is -0.462 e. The van der Waals surface area contributed by atoms with Gasteiger partial charge in [0.25, 0.3) is 0 Å². The molecule has 63 heavy (non-hydrogen) atoms. The predicted octanol–water partition coefficient (Wildman–Crippen LogP) is 16.5. The molecule has 0 saturated carbocycles. The second kappa shape index (κ2) is 50.5. The summed E-state index contributed by atoms with van der Waals surface area (Å²) < 4.78 is 16.7. The molecule has 0 spiro atoms. The van der Waals surface area contributed by atoms with E-state index in [2.05, 4.69) is 81.5 Å². The van der Waals surface area contributed by atoms with E-state index in [-0.39, 0.29) is 37.5 Å². The molecule has 1 unspecified atom stereocenters. The molecule has 0 aromatic carbocycles. The number of unbranched alkanes of at least 4 members (excludes halogenated alkanes) is 18. The maximum atomic E-state index is 12.8. The molecule has 0 radical (unpaired) electrons. The molecular formula is C57H90O6. The summed E-state index contributed by atoms with van der Waals surface area (Å²) in [6.07, 6.45) is 68.9. The summed E-state index contributed by atoms with van der Waals surface area (Å²) >= 11 is 0. The van der Waals surface area contributed by atoms with E-state index in [4.69, 9.17) is 14.2 Å². The van der Waals surface area contributed by atoms with E-state index >= 15 is 0 Å². The molecule has 0 aliphatic rings. The van der Waals surface area contributed by atoms with Crippen molar-refractivity contribution in [2.24, 2.45) is 0 Å². The van der Waals surface area contributed by atoms with E-state index < -0.39 is 6.10 Å². The summed E-state index contributed by atoms with van der Waals surface area (Å²) in [6.45, 7) is 6.25. The van der Waals surface area contributed by atoms with E-state index in [1.165, 1.54) is 51.4 Å². The molecule has 0 rings (SSSR count). The van der Waals surface area contributed by atoms with Crippen LogP contribution in [-0.2, 0) is 28.6 Å². The number of hydrogen-bond acceptors (Lipinski definition) is 6. The Morgan fingerprint density at radius 1 is 0.349 bits per heavy atom. The third kappa shape index (κ3) is 48.7. The van der Waals surface area contributed by atoms with Gasteiger partial charge in [0.2, 0.25) is 0 Å². The van der Waals surface area contributed by atoms with E-state index in [1.807, 2.05) is 60.8 Å². The molecule has 0 aromatic rings. The van der Waals surface area contributed by atoms with Crippen molar-refractivity contribution < 1.29 is 28.6 Å². The van der Waals surface area contributed by atoms with Crippen molar-refractivity contribution >= 4 is 17.9 Å². The monoisotopic (exact) mass is 871 g/mol. The summed E-state index contributed by atoms with van der Waals surface area (Å²) in [4.78, 5) is 37.9. The van der Waals surface area contributed by atoms with Gasteiger partial charge in [-0.15, -0.1) is 0 Å². The fourth-order valence-electron chi connectivity index (χ4n) is 6.37. The van der Waals surface area contributed by atoms with Crippen molar-refractivity contribution in [3.05, 3.63) is 122 Å². The first kappa shape index (κ1) is 58.8. The predicted molar refractivity (Wildman–Crippen MR) is 269 cm³/mol. The van der Waals surface area contributed by atoms with E-state index in [1.54, 1.807) is 0 Å². The molecule has 354 valence electrons. The van der Waals surface area contributed by atoms with Crippen LogP contribution in [0.5, 0.6) is 0 Å². The van der Waals surface area contributed by atoms with Crippen molar-refractivity contribution in [3.63, 3.8) is 0 Å². The molecule has 0 aromatic heterocycles. The molecule has 0 amide bonds. The number of rotatable bonds is 43. The molecule has 0 saturated heterocycles. The highest BCUT2D eigenvalue weighted by molar-refractivity contribution is 5.71. The Morgan fingerprint density at radius 2 is 0.683 bits per heavy atom. The van der Waals surface area contributed by atoms with Crippen LogP contribution in [0.25, 0.3) is 0 Å². The Bertz CT molecular complexity index is 1370. The quantitative estimate of drug-likeness (QED) is 0.0200. The minimum atomic E-state index is -0.813.